The van der Waals surface area contributed by atoms with Crippen molar-refractivity contribution in [3.63, 3.8) is 0 Å². The lowest BCUT2D eigenvalue weighted by Crippen LogP contribution is -2.51. The largest absolute Gasteiger partial charge is 0.481 e. The number of aliphatic carboxylic acids is 1. The molecule has 0 aliphatic carbocycles. The second-order valence-corrected chi connectivity index (χ2v) is 5.61. The number of carbonyl (C=O) groups is 1. The number of hydrogen-bond donors (Lipinski definition) is 1. The van der Waals surface area contributed by atoms with E-state index in [-0.39, 0.29) is 17.9 Å². The molecule has 1 unspecified atom stereocenters. The van der Waals surface area contributed by atoms with Gasteiger partial charge in [-0.2, -0.15) is 4.98 Å². The van der Waals surface area contributed by atoms with E-state index < -0.39 is 5.97 Å². The maximum absolute atomic E-state index is 10.9. The standard InChI is InChI=1S/C14H21N3O3/c1-8(2)20-12-5-9(3)15-14(16-12)17-6-11(7-17)10(4)13(18)19/h5,8,10-11H,6-7H2,1-4H3,(H,18,19). The van der Waals surface area contributed by atoms with Crippen LogP contribution in [-0.4, -0.2) is 40.2 Å². The maximum Gasteiger partial charge on any atom is 0.306 e. The fourth-order valence-electron chi connectivity index (χ4n) is 2.16. The van der Waals surface area contributed by atoms with Crippen LogP contribution in [0.3, 0.4) is 0 Å². The average Bonchev–Trinajstić information content (AvgIpc) is 2.24. The summed E-state index contributed by atoms with van der Waals surface area (Å²) in [6.45, 7) is 8.90. The van der Waals surface area contributed by atoms with Gasteiger partial charge in [-0.1, -0.05) is 6.92 Å². The molecule has 0 amide bonds. The third-order valence-electron chi connectivity index (χ3n) is 3.46. The van der Waals surface area contributed by atoms with Gasteiger partial charge in [0, 0.05) is 30.8 Å². The lowest BCUT2D eigenvalue weighted by atomic mass is 9.87. The fourth-order valence-corrected chi connectivity index (χ4v) is 2.16. The van der Waals surface area contributed by atoms with Crippen LogP contribution in [0.4, 0.5) is 5.95 Å². The molecule has 0 radical (unpaired) electrons. The molecule has 0 aromatic carbocycles. The van der Waals surface area contributed by atoms with Gasteiger partial charge in [0.1, 0.15) is 0 Å². The summed E-state index contributed by atoms with van der Waals surface area (Å²) in [5, 5.41) is 8.99. The van der Waals surface area contributed by atoms with E-state index in [9.17, 15) is 4.79 Å². The lowest BCUT2D eigenvalue weighted by Gasteiger charge is -2.41. The quantitative estimate of drug-likeness (QED) is 0.884. The lowest BCUT2D eigenvalue weighted by molar-refractivity contribution is -0.143. The Bertz CT molecular complexity index is 498. The van der Waals surface area contributed by atoms with Gasteiger partial charge in [0.05, 0.1) is 12.0 Å². The summed E-state index contributed by atoms with van der Waals surface area (Å²) < 4.78 is 5.60. The summed E-state index contributed by atoms with van der Waals surface area (Å²) in [5.74, 6) is 0.267. The van der Waals surface area contributed by atoms with Gasteiger partial charge in [0.2, 0.25) is 11.8 Å². The van der Waals surface area contributed by atoms with E-state index in [2.05, 4.69) is 9.97 Å². The molecule has 1 fully saturated rings. The molecule has 1 aromatic rings. The molecule has 1 aliphatic heterocycles. The second-order valence-electron chi connectivity index (χ2n) is 5.61. The van der Waals surface area contributed by atoms with Crippen molar-refractivity contribution in [2.45, 2.75) is 33.8 Å². The zero-order valence-corrected chi connectivity index (χ0v) is 12.3. The molecular weight excluding hydrogens is 258 g/mol. The molecule has 20 heavy (non-hydrogen) atoms. The molecule has 1 aliphatic rings. The Balaban J connectivity index is 2.04. The van der Waals surface area contributed by atoms with E-state index >= 15 is 0 Å². The Morgan fingerprint density at radius 2 is 2.05 bits per heavy atom. The van der Waals surface area contributed by atoms with Crippen molar-refractivity contribution in [1.29, 1.82) is 0 Å². The van der Waals surface area contributed by atoms with Crippen LogP contribution in [0.5, 0.6) is 5.88 Å². The van der Waals surface area contributed by atoms with Gasteiger partial charge in [-0.15, -0.1) is 0 Å². The molecule has 0 bridgehead atoms. The summed E-state index contributed by atoms with van der Waals surface area (Å²) in [6, 6.07) is 1.81. The molecular formula is C14H21N3O3. The monoisotopic (exact) mass is 279 g/mol. The summed E-state index contributed by atoms with van der Waals surface area (Å²) in [4.78, 5) is 21.7. The summed E-state index contributed by atoms with van der Waals surface area (Å²) in [7, 11) is 0. The molecule has 2 rings (SSSR count). The highest BCUT2D eigenvalue weighted by Crippen LogP contribution is 2.28. The number of aryl methyl sites for hydroxylation is 1. The zero-order chi connectivity index (χ0) is 14.9. The predicted molar refractivity (Wildman–Crippen MR) is 75.0 cm³/mol. The molecule has 1 aromatic heterocycles. The van der Waals surface area contributed by atoms with Crippen molar-refractivity contribution in [1.82, 2.24) is 9.97 Å². The first-order valence-corrected chi connectivity index (χ1v) is 6.87. The van der Waals surface area contributed by atoms with Gasteiger partial charge in [-0.25, -0.2) is 4.98 Å². The average molecular weight is 279 g/mol. The van der Waals surface area contributed by atoms with Gasteiger partial charge >= 0.3 is 5.97 Å². The van der Waals surface area contributed by atoms with E-state index in [1.807, 2.05) is 25.7 Å². The molecule has 1 atom stereocenters. The molecule has 1 saturated heterocycles. The predicted octanol–water partition coefficient (Wildman–Crippen LogP) is 1.73. The SMILES string of the molecule is Cc1cc(OC(C)C)nc(N2CC(C(C)C(=O)O)C2)n1. The van der Waals surface area contributed by atoms with Crippen molar-refractivity contribution < 1.29 is 14.6 Å². The van der Waals surface area contributed by atoms with Crippen molar-refractivity contribution in [2.24, 2.45) is 11.8 Å². The maximum atomic E-state index is 10.9. The third-order valence-corrected chi connectivity index (χ3v) is 3.46. The summed E-state index contributed by atoms with van der Waals surface area (Å²) >= 11 is 0. The fraction of sp³-hybridized carbons (Fsp3) is 0.643. The molecule has 0 spiro atoms. The number of ether oxygens (including phenoxy) is 1. The van der Waals surface area contributed by atoms with Crippen LogP contribution < -0.4 is 9.64 Å². The highest BCUT2D eigenvalue weighted by atomic mass is 16.5. The van der Waals surface area contributed by atoms with E-state index in [0.717, 1.165) is 5.69 Å². The Kier molecular flexibility index (Phi) is 4.11. The minimum Gasteiger partial charge on any atom is -0.481 e. The molecule has 6 heteroatoms. The number of anilines is 1. The Morgan fingerprint density at radius 1 is 1.40 bits per heavy atom. The van der Waals surface area contributed by atoms with Crippen LogP contribution in [0.25, 0.3) is 0 Å². The Labute approximate surface area is 118 Å². The molecule has 2 heterocycles. The molecule has 6 nitrogen and oxygen atoms in total. The first kappa shape index (κ1) is 14.6. The van der Waals surface area contributed by atoms with Gasteiger partial charge in [-0.05, 0) is 20.8 Å². The number of carboxylic acids is 1. The Hall–Kier alpha value is -1.85. The Morgan fingerprint density at radius 3 is 2.60 bits per heavy atom. The number of rotatable bonds is 5. The van der Waals surface area contributed by atoms with Crippen molar-refractivity contribution >= 4 is 11.9 Å². The second kappa shape index (κ2) is 5.64. The van der Waals surface area contributed by atoms with Crippen LogP contribution in [0, 0.1) is 18.8 Å². The van der Waals surface area contributed by atoms with E-state index in [4.69, 9.17) is 9.84 Å². The van der Waals surface area contributed by atoms with Crippen LogP contribution >= 0.6 is 0 Å². The van der Waals surface area contributed by atoms with Crippen molar-refractivity contribution in [3.8, 4) is 5.88 Å². The minimum absolute atomic E-state index is 0.0633. The minimum atomic E-state index is -0.747. The van der Waals surface area contributed by atoms with Gasteiger partial charge < -0.3 is 14.7 Å². The molecule has 1 N–H and O–H groups in total. The third kappa shape index (κ3) is 3.18. The summed E-state index contributed by atoms with van der Waals surface area (Å²) in [6.07, 6.45) is 0.0633. The highest BCUT2D eigenvalue weighted by molar-refractivity contribution is 5.70. The van der Waals surface area contributed by atoms with Crippen LogP contribution in [0.15, 0.2) is 6.07 Å². The van der Waals surface area contributed by atoms with Crippen LogP contribution in [0.1, 0.15) is 26.5 Å². The van der Waals surface area contributed by atoms with Crippen molar-refractivity contribution in [2.75, 3.05) is 18.0 Å². The van der Waals surface area contributed by atoms with Gasteiger partial charge in [-0.3, -0.25) is 4.79 Å². The van der Waals surface area contributed by atoms with Crippen molar-refractivity contribution in [3.05, 3.63) is 11.8 Å². The van der Waals surface area contributed by atoms with Gasteiger partial charge in [0.25, 0.3) is 0 Å². The van der Waals surface area contributed by atoms with E-state index in [1.165, 1.54) is 0 Å². The molecule has 0 saturated carbocycles. The first-order valence-electron chi connectivity index (χ1n) is 6.87. The number of carboxylic acid groups (broad SMARTS) is 1. The summed E-state index contributed by atoms with van der Waals surface area (Å²) in [5.41, 5.74) is 0.848. The zero-order valence-electron chi connectivity index (χ0n) is 12.3. The topological polar surface area (TPSA) is 75.5 Å². The van der Waals surface area contributed by atoms with Crippen LogP contribution in [0.2, 0.25) is 0 Å². The van der Waals surface area contributed by atoms with Crippen LogP contribution in [-0.2, 0) is 4.79 Å². The van der Waals surface area contributed by atoms with E-state index in [0.29, 0.717) is 24.9 Å². The highest BCUT2D eigenvalue weighted by Gasteiger charge is 2.36. The normalized spacial score (nSPS) is 16.9. The number of hydrogen-bond acceptors (Lipinski definition) is 5. The number of nitrogens with zero attached hydrogens (tertiary/aromatic N) is 3. The first-order chi connectivity index (χ1) is 9.36. The molecule has 110 valence electrons. The van der Waals surface area contributed by atoms with Gasteiger partial charge in [0.15, 0.2) is 0 Å². The number of aromatic nitrogens is 2. The smallest absolute Gasteiger partial charge is 0.306 e. The van der Waals surface area contributed by atoms with E-state index in [1.54, 1.807) is 13.0 Å².